The van der Waals surface area contributed by atoms with Crippen LogP contribution in [0.4, 0.5) is 5.69 Å². The van der Waals surface area contributed by atoms with Crippen LogP contribution in [0.1, 0.15) is 18.4 Å². The number of aryl methyl sites for hydroxylation is 1. The van der Waals surface area contributed by atoms with E-state index in [9.17, 15) is 0 Å². The Kier molecular flexibility index (Phi) is 2.01. The molecule has 1 aromatic carbocycles. The van der Waals surface area contributed by atoms with E-state index >= 15 is 0 Å². The third-order valence-electron chi connectivity index (χ3n) is 2.10. The first-order valence-electron chi connectivity index (χ1n) is 4.29. The largest absolute Gasteiger partial charge is 0.398 e. The van der Waals surface area contributed by atoms with Crippen molar-refractivity contribution in [2.75, 3.05) is 5.73 Å². The molecule has 2 N–H and O–H groups in total. The lowest BCUT2D eigenvalue weighted by atomic mass is 10.2. The first-order valence-corrected chi connectivity index (χ1v) is 5.17. The van der Waals surface area contributed by atoms with Crippen molar-refractivity contribution in [3.8, 4) is 0 Å². The fraction of sp³-hybridized carbons (Fsp3) is 0.400. The van der Waals surface area contributed by atoms with E-state index in [1.165, 1.54) is 23.3 Å². The molecule has 1 aromatic rings. The minimum absolute atomic E-state index is 0.842. The molecular formula is C10H13NS. The molecule has 64 valence electrons. The Balaban J connectivity index is 2.23. The summed E-state index contributed by atoms with van der Waals surface area (Å²) in [6, 6.07) is 6.26. The average Bonchev–Trinajstić information content (AvgIpc) is 2.83. The maximum Gasteiger partial charge on any atom is 0.0482 e. The Bertz CT molecular complexity index is 292. The molecule has 1 aliphatic rings. The van der Waals surface area contributed by atoms with E-state index in [0.717, 1.165) is 10.9 Å². The zero-order valence-corrected chi connectivity index (χ0v) is 8.03. The van der Waals surface area contributed by atoms with Gasteiger partial charge in [0.1, 0.15) is 0 Å². The van der Waals surface area contributed by atoms with Crippen LogP contribution in [0.5, 0.6) is 0 Å². The highest BCUT2D eigenvalue weighted by Gasteiger charge is 2.23. The van der Waals surface area contributed by atoms with Gasteiger partial charge in [-0.05, 0) is 31.4 Å². The molecule has 0 spiro atoms. The lowest BCUT2D eigenvalue weighted by Crippen LogP contribution is -1.92. The number of para-hydroxylation sites is 1. The molecular weight excluding hydrogens is 166 g/mol. The molecule has 0 radical (unpaired) electrons. The van der Waals surface area contributed by atoms with E-state index in [1.54, 1.807) is 0 Å². The van der Waals surface area contributed by atoms with Crippen molar-refractivity contribution in [3.05, 3.63) is 23.8 Å². The molecule has 1 saturated carbocycles. The van der Waals surface area contributed by atoms with Crippen LogP contribution >= 0.6 is 11.8 Å². The van der Waals surface area contributed by atoms with Crippen LogP contribution in [0.2, 0.25) is 0 Å². The molecule has 12 heavy (non-hydrogen) atoms. The summed E-state index contributed by atoms with van der Waals surface area (Å²) in [7, 11) is 0. The summed E-state index contributed by atoms with van der Waals surface area (Å²) in [6.45, 7) is 2.06. The second-order valence-electron chi connectivity index (χ2n) is 3.30. The second-order valence-corrected chi connectivity index (χ2v) is 4.65. The molecule has 0 aliphatic heterocycles. The molecule has 1 fully saturated rings. The normalized spacial score (nSPS) is 16.4. The lowest BCUT2D eigenvalue weighted by Gasteiger charge is -2.06. The van der Waals surface area contributed by atoms with Gasteiger partial charge in [-0.15, -0.1) is 11.8 Å². The van der Waals surface area contributed by atoms with Gasteiger partial charge in [-0.3, -0.25) is 0 Å². The predicted molar refractivity (Wildman–Crippen MR) is 54.5 cm³/mol. The quantitative estimate of drug-likeness (QED) is 0.706. The first-order chi connectivity index (χ1) is 5.77. The van der Waals surface area contributed by atoms with Gasteiger partial charge in [0.05, 0.1) is 0 Å². The number of hydrogen-bond donors (Lipinski definition) is 1. The van der Waals surface area contributed by atoms with Crippen LogP contribution in [0.25, 0.3) is 0 Å². The summed E-state index contributed by atoms with van der Waals surface area (Å²) in [5.41, 5.74) is 8.10. The molecule has 2 rings (SSSR count). The average molecular weight is 179 g/mol. The number of benzene rings is 1. The van der Waals surface area contributed by atoms with Gasteiger partial charge in [0.2, 0.25) is 0 Å². The summed E-state index contributed by atoms with van der Waals surface area (Å²) in [6.07, 6.45) is 2.72. The van der Waals surface area contributed by atoms with Crippen molar-refractivity contribution in [2.45, 2.75) is 29.9 Å². The number of anilines is 1. The molecule has 0 saturated heterocycles. The van der Waals surface area contributed by atoms with E-state index in [4.69, 9.17) is 5.73 Å². The maximum atomic E-state index is 5.94. The van der Waals surface area contributed by atoms with Crippen molar-refractivity contribution >= 4 is 17.4 Å². The summed E-state index contributed by atoms with van der Waals surface area (Å²) in [5.74, 6) is 0. The van der Waals surface area contributed by atoms with Crippen LogP contribution in [0.15, 0.2) is 23.1 Å². The van der Waals surface area contributed by atoms with E-state index in [1.807, 2.05) is 11.8 Å². The third kappa shape index (κ3) is 1.58. The molecule has 0 heterocycles. The molecule has 1 nitrogen and oxygen atoms in total. The van der Waals surface area contributed by atoms with Crippen molar-refractivity contribution < 1.29 is 0 Å². The molecule has 0 atom stereocenters. The highest BCUT2D eigenvalue weighted by molar-refractivity contribution is 8.00. The Morgan fingerprint density at radius 3 is 2.83 bits per heavy atom. The fourth-order valence-corrected chi connectivity index (χ4v) is 2.30. The van der Waals surface area contributed by atoms with Gasteiger partial charge in [0.15, 0.2) is 0 Å². The SMILES string of the molecule is Cc1cccc(SC2CC2)c1N. The van der Waals surface area contributed by atoms with E-state index in [-0.39, 0.29) is 0 Å². The molecule has 2 heteroatoms. The van der Waals surface area contributed by atoms with Crippen molar-refractivity contribution in [1.29, 1.82) is 0 Å². The minimum atomic E-state index is 0.842. The van der Waals surface area contributed by atoms with Crippen LogP contribution in [0, 0.1) is 6.92 Å². The summed E-state index contributed by atoms with van der Waals surface area (Å²) in [5, 5.41) is 0.842. The van der Waals surface area contributed by atoms with Crippen molar-refractivity contribution in [3.63, 3.8) is 0 Å². The number of nitrogens with two attached hydrogens (primary N) is 1. The first kappa shape index (κ1) is 7.99. The van der Waals surface area contributed by atoms with Crippen molar-refractivity contribution in [1.82, 2.24) is 0 Å². The number of hydrogen-bond acceptors (Lipinski definition) is 2. The van der Waals surface area contributed by atoms with E-state index in [2.05, 4.69) is 25.1 Å². The van der Waals surface area contributed by atoms with Crippen LogP contribution < -0.4 is 5.73 Å². The zero-order valence-electron chi connectivity index (χ0n) is 7.21. The Labute approximate surface area is 77.3 Å². The molecule has 0 bridgehead atoms. The molecule has 0 aromatic heterocycles. The summed E-state index contributed by atoms with van der Waals surface area (Å²) in [4.78, 5) is 1.26. The Morgan fingerprint density at radius 2 is 2.17 bits per heavy atom. The number of thioether (sulfide) groups is 1. The number of nitrogen functional groups attached to an aromatic ring is 1. The van der Waals surface area contributed by atoms with Gasteiger partial charge in [0, 0.05) is 15.8 Å². The van der Waals surface area contributed by atoms with Gasteiger partial charge < -0.3 is 5.73 Å². The van der Waals surface area contributed by atoms with Crippen LogP contribution in [-0.2, 0) is 0 Å². The standard InChI is InChI=1S/C10H13NS/c1-7-3-2-4-9(10(7)11)12-8-5-6-8/h2-4,8H,5-6,11H2,1H3. The van der Waals surface area contributed by atoms with E-state index in [0.29, 0.717) is 0 Å². The van der Waals surface area contributed by atoms with Gasteiger partial charge in [0.25, 0.3) is 0 Å². The van der Waals surface area contributed by atoms with E-state index < -0.39 is 0 Å². The second kappa shape index (κ2) is 3.02. The highest BCUT2D eigenvalue weighted by atomic mass is 32.2. The van der Waals surface area contributed by atoms with Crippen molar-refractivity contribution in [2.24, 2.45) is 0 Å². The molecule has 1 aliphatic carbocycles. The number of rotatable bonds is 2. The molecule has 0 amide bonds. The minimum Gasteiger partial charge on any atom is -0.398 e. The maximum absolute atomic E-state index is 5.94. The Hall–Kier alpha value is -0.630. The smallest absolute Gasteiger partial charge is 0.0482 e. The van der Waals surface area contributed by atoms with Gasteiger partial charge in [-0.25, -0.2) is 0 Å². The summed E-state index contributed by atoms with van der Waals surface area (Å²) < 4.78 is 0. The highest BCUT2D eigenvalue weighted by Crippen LogP contribution is 2.41. The van der Waals surface area contributed by atoms with Gasteiger partial charge in [-0.2, -0.15) is 0 Å². The molecule has 0 unspecified atom stereocenters. The van der Waals surface area contributed by atoms with Crippen LogP contribution in [0.3, 0.4) is 0 Å². The topological polar surface area (TPSA) is 26.0 Å². The lowest BCUT2D eigenvalue weighted by molar-refractivity contribution is 1.35. The van der Waals surface area contributed by atoms with Gasteiger partial charge >= 0.3 is 0 Å². The summed E-state index contributed by atoms with van der Waals surface area (Å²) >= 11 is 1.93. The Morgan fingerprint density at radius 1 is 1.42 bits per heavy atom. The zero-order chi connectivity index (χ0) is 8.55. The van der Waals surface area contributed by atoms with Gasteiger partial charge in [-0.1, -0.05) is 12.1 Å². The van der Waals surface area contributed by atoms with Crippen LogP contribution in [-0.4, -0.2) is 5.25 Å². The monoisotopic (exact) mass is 179 g/mol. The predicted octanol–water partition coefficient (Wildman–Crippen LogP) is 2.83. The third-order valence-corrected chi connectivity index (χ3v) is 3.52. The fourth-order valence-electron chi connectivity index (χ4n) is 1.12.